The summed E-state index contributed by atoms with van der Waals surface area (Å²) in [6.07, 6.45) is 4.17. The lowest BCUT2D eigenvalue weighted by molar-refractivity contribution is 0.0974. The summed E-state index contributed by atoms with van der Waals surface area (Å²) in [6.45, 7) is 0. The second-order valence-electron chi connectivity index (χ2n) is 4.45. The van der Waals surface area contributed by atoms with Gasteiger partial charge in [0.1, 0.15) is 0 Å². The summed E-state index contributed by atoms with van der Waals surface area (Å²) in [5.41, 5.74) is 0.632. The Morgan fingerprint density at radius 3 is 2.65 bits per heavy atom. The summed E-state index contributed by atoms with van der Waals surface area (Å²) in [5.74, 6) is 2.09. The van der Waals surface area contributed by atoms with Gasteiger partial charge in [-0.15, -0.1) is 0 Å². The van der Waals surface area contributed by atoms with Crippen molar-refractivity contribution in [2.45, 2.75) is 25.7 Å². The first-order valence-corrected chi connectivity index (χ1v) is 6.00. The molecule has 3 heteroatoms. The molecule has 1 aliphatic rings. The number of rotatable bonds is 6. The molecule has 0 heterocycles. The maximum atomic E-state index is 12.1. The Morgan fingerprint density at radius 1 is 1.29 bits per heavy atom. The Balaban J connectivity index is 2.14. The van der Waals surface area contributed by atoms with Crippen molar-refractivity contribution < 1.29 is 14.3 Å². The monoisotopic (exact) mass is 234 g/mol. The minimum atomic E-state index is 0.146. The first-order chi connectivity index (χ1) is 8.26. The van der Waals surface area contributed by atoms with Gasteiger partial charge in [0.2, 0.25) is 0 Å². The minimum absolute atomic E-state index is 0.146. The first-order valence-electron chi connectivity index (χ1n) is 6.00. The third kappa shape index (κ3) is 2.78. The molecule has 0 atom stereocenters. The highest BCUT2D eigenvalue weighted by molar-refractivity contribution is 5.99. The van der Waals surface area contributed by atoms with Crippen LogP contribution in [0.5, 0.6) is 11.5 Å². The Labute approximate surface area is 102 Å². The van der Waals surface area contributed by atoms with E-state index in [4.69, 9.17) is 9.47 Å². The van der Waals surface area contributed by atoms with Gasteiger partial charge in [-0.1, -0.05) is 18.9 Å². The fourth-order valence-corrected chi connectivity index (χ4v) is 1.98. The molecule has 1 aromatic carbocycles. The molecular weight excluding hydrogens is 216 g/mol. The van der Waals surface area contributed by atoms with E-state index in [0.717, 1.165) is 12.3 Å². The molecule has 0 aliphatic heterocycles. The van der Waals surface area contributed by atoms with Crippen molar-refractivity contribution in [3.8, 4) is 11.5 Å². The molecule has 2 rings (SSSR count). The van der Waals surface area contributed by atoms with Crippen molar-refractivity contribution in [3.05, 3.63) is 23.8 Å². The zero-order valence-electron chi connectivity index (χ0n) is 10.4. The van der Waals surface area contributed by atoms with E-state index in [1.165, 1.54) is 12.8 Å². The Hall–Kier alpha value is -1.51. The second kappa shape index (κ2) is 5.21. The van der Waals surface area contributed by atoms with Gasteiger partial charge in [-0.25, -0.2) is 0 Å². The van der Waals surface area contributed by atoms with Crippen molar-refractivity contribution in [1.82, 2.24) is 0 Å². The third-order valence-corrected chi connectivity index (χ3v) is 3.18. The normalized spacial score (nSPS) is 14.5. The fourth-order valence-electron chi connectivity index (χ4n) is 1.98. The average Bonchev–Trinajstić information content (AvgIpc) is 3.18. The number of carbonyl (C=O) groups is 1. The third-order valence-electron chi connectivity index (χ3n) is 3.18. The van der Waals surface area contributed by atoms with E-state index in [-0.39, 0.29) is 5.78 Å². The van der Waals surface area contributed by atoms with Crippen LogP contribution in [0.1, 0.15) is 36.0 Å². The quantitative estimate of drug-likeness (QED) is 0.709. The van der Waals surface area contributed by atoms with E-state index in [1.54, 1.807) is 26.4 Å². The number of hydrogen-bond acceptors (Lipinski definition) is 3. The van der Waals surface area contributed by atoms with Crippen LogP contribution in [0, 0.1) is 5.92 Å². The van der Waals surface area contributed by atoms with Crippen molar-refractivity contribution in [2.24, 2.45) is 5.92 Å². The van der Waals surface area contributed by atoms with E-state index in [0.29, 0.717) is 23.5 Å². The molecular formula is C14H18O3. The number of ether oxygens (including phenoxy) is 2. The number of para-hydroxylation sites is 1. The van der Waals surface area contributed by atoms with Gasteiger partial charge in [0, 0.05) is 6.42 Å². The summed E-state index contributed by atoms with van der Waals surface area (Å²) < 4.78 is 10.5. The summed E-state index contributed by atoms with van der Waals surface area (Å²) in [6, 6.07) is 5.43. The van der Waals surface area contributed by atoms with Crippen LogP contribution >= 0.6 is 0 Å². The van der Waals surface area contributed by atoms with Gasteiger partial charge >= 0.3 is 0 Å². The van der Waals surface area contributed by atoms with E-state index in [1.807, 2.05) is 6.07 Å². The topological polar surface area (TPSA) is 35.5 Å². The molecule has 1 fully saturated rings. The van der Waals surface area contributed by atoms with Crippen molar-refractivity contribution in [2.75, 3.05) is 14.2 Å². The molecule has 0 saturated heterocycles. The van der Waals surface area contributed by atoms with Gasteiger partial charge in [0.15, 0.2) is 17.3 Å². The molecule has 1 aromatic rings. The van der Waals surface area contributed by atoms with Crippen LogP contribution in [-0.4, -0.2) is 20.0 Å². The van der Waals surface area contributed by atoms with Crippen LogP contribution in [0.3, 0.4) is 0 Å². The largest absolute Gasteiger partial charge is 0.493 e. The van der Waals surface area contributed by atoms with Gasteiger partial charge in [-0.3, -0.25) is 4.79 Å². The Kier molecular flexibility index (Phi) is 3.67. The maximum absolute atomic E-state index is 12.1. The molecule has 0 amide bonds. The highest BCUT2D eigenvalue weighted by Gasteiger charge is 2.23. The van der Waals surface area contributed by atoms with E-state index in [9.17, 15) is 4.79 Å². The van der Waals surface area contributed by atoms with Crippen LogP contribution in [0.25, 0.3) is 0 Å². The number of ketones is 1. The molecule has 0 spiro atoms. The van der Waals surface area contributed by atoms with E-state index in [2.05, 4.69) is 0 Å². The number of Topliss-reactive ketones (excluding diaryl/α,β-unsaturated/α-hetero) is 1. The van der Waals surface area contributed by atoms with Crippen molar-refractivity contribution in [1.29, 1.82) is 0 Å². The van der Waals surface area contributed by atoms with Crippen LogP contribution in [0.4, 0.5) is 0 Å². The van der Waals surface area contributed by atoms with Gasteiger partial charge < -0.3 is 9.47 Å². The van der Waals surface area contributed by atoms with Crippen LogP contribution < -0.4 is 9.47 Å². The predicted molar refractivity (Wildman–Crippen MR) is 65.8 cm³/mol. The molecule has 3 nitrogen and oxygen atoms in total. The fraction of sp³-hybridized carbons (Fsp3) is 0.500. The predicted octanol–water partition coefficient (Wildman–Crippen LogP) is 3.08. The lowest BCUT2D eigenvalue weighted by Gasteiger charge is -2.11. The zero-order chi connectivity index (χ0) is 12.3. The zero-order valence-corrected chi connectivity index (χ0v) is 10.4. The number of benzene rings is 1. The van der Waals surface area contributed by atoms with Gasteiger partial charge in [-0.05, 0) is 24.5 Å². The highest BCUT2D eigenvalue weighted by Crippen LogP contribution is 2.36. The molecule has 0 aromatic heterocycles. The summed E-state index contributed by atoms with van der Waals surface area (Å²) >= 11 is 0. The SMILES string of the molecule is COc1cccc(C(=O)CCC2CC2)c1OC. The molecule has 1 saturated carbocycles. The lowest BCUT2D eigenvalue weighted by Crippen LogP contribution is -2.04. The van der Waals surface area contributed by atoms with Crippen molar-refractivity contribution in [3.63, 3.8) is 0 Å². The number of methoxy groups -OCH3 is 2. The molecule has 0 radical (unpaired) electrons. The molecule has 1 aliphatic carbocycles. The van der Waals surface area contributed by atoms with Crippen LogP contribution in [0.2, 0.25) is 0 Å². The summed E-state index contributed by atoms with van der Waals surface area (Å²) in [5, 5.41) is 0. The summed E-state index contributed by atoms with van der Waals surface area (Å²) in [4.78, 5) is 12.1. The number of carbonyl (C=O) groups excluding carboxylic acids is 1. The van der Waals surface area contributed by atoms with Gasteiger partial charge in [0.05, 0.1) is 19.8 Å². The molecule has 0 unspecified atom stereocenters. The first kappa shape index (κ1) is 12.0. The maximum Gasteiger partial charge on any atom is 0.171 e. The molecule has 0 bridgehead atoms. The van der Waals surface area contributed by atoms with Crippen LogP contribution in [0.15, 0.2) is 18.2 Å². The van der Waals surface area contributed by atoms with Gasteiger partial charge in [0.25, 0.3) is 0 Å². The average molecular weight is 234 g/mol. The highest BCUT2D eigenvalue weighted by atomic mass is 16.5. The Morgan fingerprint density at radius 2 is 2.06 bits per heavy atom. The summed E-state index contributed by atoms with van der Waals surface area (Å²) in [7, 11) is 3.14. The smallest absolute Gasteiger partial charge is 0.171 e. The second-order valence-corrected chi connectivity index (χ2v) is 4.45. The minimum Gasteiger partial charge on any atom is -0.493 e. The van der Waals surface area contributed by atoms with Crippen molar-refractivity contribution >= 4 is 5.78 Å². The molecule has 92 valence electrons. The lowest BCUT2D eigenvalue weighted by atomic mass is 10.0. The van der Waals surface area contributed by atoms with E-state index < -0.39 is 0 Å². The molecule has 0 N–H and O–H groups in total. The standard InChI is InChI=1S/C14H18O3/c1-16-13-5-3-4-11(14(13)17-2)12(15)9-8-10-6-7-10/h3-5,10H,6-9H2,1-2H3. The van der Waals surface area contributed by atoms with Gasteiger partial charge in [-0.2, -0.15) is 0 Å². The van der Waals surface area contributed by atoms with Crippen LogP contribution in [-0.2, 0) is 0 Å². The van der Waals surface area contributed by atoms with E-state index >= 15 is 0 Å². The molecule has 17 heavy (non-hydrogen) atoms. The number of hydrogen-bond donors (Lipinski definition) is 0. The Bertz CT molecular complexity index is 408.